The van der Waals surface area contributed by atoms with Crippen LogP contribution in [-0.4, -0.2) is 33.2 Å². The third-order valence-electron chi connectivity index (χ3n) is 9.05. The number of aromatic nitrogens is 3. The summed E-state index contributed by atoms with van der Waals surface area (Å²) < 4.78 is 7.33. The number of nitrogens with zero attached hydrogens (tertiary/aromatic N) is 3. The minimum Gasteiger partial charge on any atom is -0.466 e. The maximum Gasteiger partial charge on any atom is 0.309 e. The molecule has 0 spiro atoms. The molecule has 0 bridgehead atoms. The first-order chi connectivity index (χ1) is 22.7. The van der Waals surface area contributed by atoms with E-state index in [9.17, 15) is 4.79 Å². The Morgan fingerprint density at radius 3 is 2.53 bits per heavy atom. The summed E-state index contributed by atoms with van der Waals surface area (Å²) in [6.07, 6.45) is 7.62. The third kappa shape index (κ3) is 7.73. The SMILES string of the molecule is CCOC(=O)C1CC=C(c2ccc(-n3nc(-c4cccc(=C(/C)CC)/c4=C\NCSc4ccccc4)c(C(C)C)c3C)c(C)n2)CC1. The average molecular weight is 649 g/mol. The number of pyridine rings is 1. The Kier molecular flexibility index (Phi) is 11.4. The molecular formula is C40H48N4O2S. The first-order valence-corrected chi connectivity index (χ1v) is 17.9. The van der Waals surface area contributed by atoms with Gasteiger partial charge < -0.3 is 10.1 Å². The number of allylic oxidation sites excluding steroid dienone is 2. The van der Waals surface area contributed by atoms with Gasteiger partial charge in [-0.3, -0.25) is 9.78 Å². The number of nitrogens with one attached hydrogen (secondary N) is 1. The lowest BCUT2D eigenvalue weighted by molar-refractivity contribution is -0.148. The van der Waals surface area contributed by atoms with E-state index in [4.69, 9.17) is 14.8 Å². The van der Waals surface area contributed by atoms with E-state index in [1.54, 1.807) is 11.8 Å². The van der Waals surface area contributed by atoms with Crippen LogP contribution in [0.4, 0.5) is 0 Å². The van der Waals surface area contributed by atoms with Crippen molar-refractivity contribution in [2.45, 2.75) is 85.0 Å². The normalized spacial score (nSPS) is 15.9. The molecule has 5 rings (SSSR count). The largest absolute Gasteiger partial charge is 0.466 e. The van der Waals surface area contributed by atoms with Crippen LogP contribution in [0.15, 0.2) is 71.6 Å². The van der Waals surface area contributed by atoms with Crippen LogP contribution >= 0.6 is 11.8 Å². The Labute approximate surface area is 284 Å². The molecule has 0 fully saturated rings. The summed E-state index contributed by atoms with van der Waals surface area (Å²) in [4.78, 5) is 18.5. The molecule has 1 aliphatic carbocycles. The predicted molar refractivity (Wildman–Crippen MR) is 196 cm³/mol. The highest BCUT2D eigenvalue weighted by molar-refractivity contribution is 7.99. The van der Waals surface area contributed by atoms with Crippen molar-refractivity contribution in [2.75, 3.05) is 12.5 Å². The second-order valence-electron chi connectivity index (χ2n) is 12.5. The zero-order valence-corrected chi connectivity index (χ0v) is 29.7. The van der Waals surface area contributed by atoms with Gasteiger partial charge in [-0.25, -0.2) is 4.68 Å². The van der Waals surface area contributed by atoms with Gasteiger partial charge in [-0.15, -0.1) is 11.8 Å². The molecule has 1 unspecified atom stereocenters. The molecule has 0 aliphatic heterocycles. The summed E-state index contributed by atoms with van der Waals surface area (Å²) in [5, 5.41) is 11.3. The van der Waals surface area contributed by atoms with Crippen molar-refractivity contribution in [3.05, 3.63) is 99.8 Å². The molecule has 0 saturated heterocycles. The summed E-state index contributed by atoms with van der Waals surface area (Å²) in [5.41, 5.74) is 9.93. The monoisotopic (exact) mass is 648 g/mol. The molecular weight excluding hydrogens is 601 g/mol. The molecule has 246 valence electrons. The summed E-state index contributed by atoms with van der Waals surface area (Å²) >= 11 is 1.79. The minimum atomic E-state index is -0.0934. The van der Waals surface area contributed by atoms with Crippen LogP contribution in [0.25, 0.3) is 34.3 Å². The molecule has 0 radical (unpaired) electrons. The van der Waals surface area contributed by atoms with Crippen LogP contribution < -0.4 is 15.8 Å². The maximum absolute atomic E-state index is 12.2. The number of hydrogen-bond donors (Lipinski definition) is 1. The van der Waals surface area contributed by atoms with Crippen molar-refractivity contribution < 1.29 is 9.53 Å². The maximum atomic E-state index is 12.2. The number of ether oxygens (including phenoxy) is 1. The minimum absolute atomic E-state index is 0.0594. The Balaban J connectivity index is 1.52. The van der Waals surface area contributed by atoms with E-state index in [2.05, 4.69) is 118 Å². The Hall–Kier alpha value is -4.10. The highest BCUT2D eigenvalue weighted by atomic mass is 32.2. The van der Waals surface area contributed by atoms with Gasteiger partial charge in [0.1, 0.15) is 0 Å². The zero-order chi connectivity index (χ0) is 33.5. The first kappa shape index (κ1) is 34.2. The molecule has 1 aliphatic rings. The summed E-state index contributed by atoms with van der Waals surface area (Å²) in [5.74, 6) is 0.894. The molecule has 2 aromatic carbocycles. The van der Waals surface area contributed by atoms with E-state index in [0.717, 1.165) is 59.2 Å². The zero-order valence-electron chi connectivity index (χ0n) is 28.9. The highest BCUT2D eigenvalue weighted by Crippen LogP contribution is 2.34. The smallest absolute Gasteiger partial charge is 0.309 e. The van der Waals surface area contributed by atoms with E-state index < -0.39 is 0 Å². The Morgan fingerprint density at radius 2 is 1.87 bits per heavy atom. The number of aryl methyl sites for hydroxylation is 1. The van der Waals surface area contributed by atoms with Crippen LogP contribution in [0.1, 0.15) is 88.9 Å². The van der Waals surface area contributed by atoms with Gasteiger partial charge in [-0.05, 0) is 94.4 Å². The molecule has 2 aromatic heterocycles. The lowest BCUT2D eigenvalue weighted by atomic mass is 9.88. The molecule has 47 heavy (non-hydrogen) atoms. The number of thioether (sulfide) groups is 1. The Bertz CT molecular complexity index is 1870. The topological polar surface area (TPSA) is 69.0 Å². The number of esters is 1. The second kappa shape index (κ2) is 15.7. The van der Waals surface area contributed by atoms with Crippen molar-refractivity contribution in [3.63, 3.8) is 0 Å². The average Bonchev–Trinajstić information content (AvgIpc) is 3.43. The Morgan fingerprint density at radius 1 is 1.09 bits per heavy atom. The fraction of sp³-hybridized carbons (Fsp3) is 0.375. The fourth-order valence-corrected chi connectivity index (χ4v) is 7.09. The number of benzene rings is 2. The van der Waals surface area contributed by atoms with Crippen LogP contribution in [0.3, 0.4) is 0 Å². The van der Waals surface area contributed by atoms with Crippen molar-refractivity contribution >= 4 is 35.1 Å². The summed E-state index contributed by atoms with van der Waals surface area (Å²) in [7, 11) is 0. The van der Waals surface area contributed by atoms with Crippen molar-refractivity contribution in [2.24, 2.45) is 5.92 Å². The van der Waals surface area contributed by atoms with E-state index in [1.165, 1.54) is 32.0 Å². The standard InChI is InChI=1S/C40H48N4O2S/c1-8-27(5)33-16-13-17-34(35(33)24-41-25-47-32-14-11-10-12-15-32)39-38(26(3)4)29(7)44(43-39)37-23-22-36(42-28(37)6)30-18-20-31(21-19-30)40(45)46-9-2/h10-18,22-24,26,31,41H,8-9,19-21,25H2,1-7H3/b33-27+,35-24+. The number of hydrogen-bond acceptors (Lipinski definition) is 6. The fourth-order valence-electron chi connectivity index (χ4n) is 6.41. The summed E-state index contributed by atoms with van der Waals surface area (Å²) in [6, 6.07) is 21.3. The molecule has 7 heteroatoms. The van der Waals surface area contributed by atoms with E-state index in [-0.39, 0.29) is 17.8 Å². The molecule has 4 aromatic rings. The molecule has 1 N–H and O–H groups in total. The van der Waals surface area contributed by atoms with Crippen LogP contribution in [0, 0.1) is 19.8 Å². The van der Waals surface area contributed by atoms with E-state index >= 15 is 0 Å². The second-order valence-corrected chi connectivity index (χ2v) is 13.6. The van der Waals surface area contributed by atoms with Crippen LogP contribution in [-0.2, 0) is 9.53 Å². The van der Waals surface area contributed by atoms with Gasteiger partial charge in [-0.1, -0.05) is 68.8 Å². The molecule has 2 heterocycles. The lowest BCUT2D eigenvalue weighted by Crippen LogP contribution is -2.31. The molecule has 6 nitrogen and oxygen atoms in total. The van der Waals surface area contributed by atoms with Gasteiger partial charge in [-0.2, -0.15) is 5.10 Å². The van der Waals surface area contributed by atoms with Gasteiger partial charge >= 0.3 is 5.97 Å². The van der Waals surface area contributed by atoms with Gasteiger partial charge in [0.05, 0.1) is 41.2 Å². The van der Waals surface area contributed by atoms with Gasteiger partial charge in [0.2, 0.25) is 0 Å². The number of carbonyl (C=O) groups excluding carboxylic acids is 1. The van der Waals surface area contributed by atoms with Gasteiger partial charge in [0.25, 0.3) is 0 Å². The molecule has 1 atom stereocenters. The number of rotatable bonds is 11. The quantitative estimate of drug-likeness (QED) is 0.0768. The van der Waals surface area contributed by atoms with Crippen LogP contribution in [0.2, 0.25) is 0 Å². The first-order valence-electron chi connectivity index (χ1n) is 16.9. The van der Waals surface area contributed by atoms with E-state index in [0.29, 0.717) is 13.0 Å². The summed E-state index contributed by atoms with van der Waals surface area (Å²) in [6.45, 7) is 15.4. The molecule has 0 saturated carbocycles. The molecule has 0 amide bonds. The van der Waals surface area contributed by atoms with E-state index in [1.807, 2.05) is 13.0 Å². The number of carbonyl (C=O) groups is 1. The van der Waals surface area contributed by atoms with Crippen molar-refractivity contribution in [1.82, 2.24) is 20.1 Å². The van der Waals surface area contributed by atoms with Crippen molar-refractivity contribution in [1.29, 1.82) is 0 Å². The lowest BCUT2D eigenvalue weighted by Gasteiger charge is -2.20. The van der Waals surface area contributed by atoms with Gasteiger partial charge in [0.15, 0.2) is 0 Å². The van der Waals surface area contributed by atoms with Gasteiger partial charge in [0, 0.05) is 33.1 Å². The van der Waals surface area contributed by atoms with Crippen LogP contribution in [0.5, 0.6) is 0 Å². The third-order valence-corrected chi connectivity index (χ3v) is 9.97. The van der Waals surface area contributed by atoms with Crippen molar-refractivity contribution in [3.8, 4) is 16.9 Å². The predicted octanol–water partition coefficient (Wildman–Crippen LogP) is 8.08. The highest BCUT2D eigenvalue weighted by Gasteiger charge is 2.25.